The first-order valence-electron chi connectivity index (χ1n) is 11.3. The highest BCUT2D eigenvalue weighted by molar-refractivity contribution is 4.79. The Hall–Kier alpha value is -0.0400. The second kappa shape index (κ2) is 16.4. The molecule has 0 aliphatic heterocycles. The molecule has 1 heteroatoms. The van der Waals surface area contributed by atoms with E-state index < -0.39 is 5.60 Å². The lowest BCUT2D eigenvalue weighted by atomic mass is 9.83. The first kappa shape index (κ1) is 24.0. The van der Waals surface area contributed by atoms with E-state index in [2.05, 4.69) is 27.7 Å². The topological polar surface area (TPSA) is 20.2 Å². The molecule has 0 aromatic rings. The molecule has 0 aliphatic carbocycles. The third-order valence-electron chi connectivity index (χ3n) is 5.90. The van der Waals surface area contributed by atoms with E-state index in [9.17, 15) is 5.11 Å². The third kappa shape index (κ3) is 13.3. The monoisotopic (exact) mass is 340 g/mol. The predicted molar refractivity (Wildman–Crippen MR) is 110 cm³/mol. The van der Waals surface area contributed by atoms with Crippen LogP contribution in [-0.4, -0.2) is 10.7 Å². The van der Waals surface area contributed by atoms with E-state index >= 15 is 0 Å². The van der Waals surface area contributed by atoms with E-state index in [4.69, 9.17) is 0 Å². The summed E-state index contributed by atoms with van der Waals surface area (Å²) in [5.41, 5.74) is -0.420. The maximum absolute atomic E-state index is 10.5. The molecule has 1 nitrogen and oxygen atoms in total. The Labute approximate surface area is 154 Å². The Balaban J connectivity index is 3.23. The molecule has 0 amide bonds. The average Bonchev–Trinajstić information content (AvgIpc) is 2.57. The first-order chi connectivity index (χ1) is 11.6. The van der Waals surface area contributed by atoms with Crippen LogP contribution in [0.2, 0.25) is 0 Å². The van der Waals surface area contributed by atoms with Crippen LogP contribution >= 0.6 is 0 Å². The fourth-order valence-corrected chi connectivity index (χ4v) is 3.68. The maximum atomic E-state index is 10.5. The van der Waals surface area contributed by atoms with Gasteiger partial charge in [0.15, 0.2) is 0 Å². The van der Waals surface area contributed by atoms with Crippen LogP contribution in [0.25, 0.3) is 0 Å². The highest BCUT2D eigenvalue weighted by Gasteiger charge is 2.27. The lowest BCUT2D eigenvalue weighted by Crippen LogP contribution is -2.33. The standard InChI is InChI=1S/C23H48O/c1-5-7-8-9-10-11-12-13-14-15-16-17-18-19-20-21-23(24,6-2)22(3)4/h22,24H,5-21H2,1-4H3. The van der Waals surface area contributed by atoms with Crippen LogP contribution in [0.3, 0.4) is 0 Å². The molecule has 0 rings (SSSR count). The Morgan fingerprint density at radius 1 is 0.583 bits per heavy atom. The Morgan fingerprint density at radius 3 is 1.21 bits per heavy atom. The average molecular weight is 341 g/mol. The fourth-order valence-electron chi connectivity index (χ4n) is 3.68. The lowest BCUT2D eigenvalue weighted by Gasteiger charge is -2.31. The zero-order chi connectivity index (χ0) is 18.1. The zero-order valence-electron chi connectivity index (χ0n) is 17.5. The van der Waals surface area contributed by atoms with E-state index in [1.807, 2.05) is 0 Å². The van der Waals surface area contributed by atoms with Gasteiger partial charge in [-0.2, -0.15) is 0 Å². The van der Waals surface area contributed by atoms with Gasteiger partial charge in [0.1, 0.15) is 0 Å². The SMILES string of the molecule is CCCCCCCCCCCCCCCCCC(O)(CC)C(C)C. The van der Waals surface area contributed by atoms with Crippen LogP contribution in [0.5, 0.6) is 0 Å². The summed E-state index contributed by atoms with van der Waals surface area (Å²) in [4.78, 5) is 0. The molecule has 0 spiro atoms. The number of unbranched alkanes of at least 4 members (excludes halogenated alkanes) is 14. The van der Waals surface area contributed by atoms with Gasteiger partial charge in [-0.1, -0.05) is 124 Å². The Morgan fingerprint density at radius 2 is 0.917 bits per heavy atom. The van der Waals surface area contributed by atoms with Gasteiger partial charge in [0.05, 0.1) is 5.60 Å². The van der Waals surface area contributed by atoms with E-state index in [0.717, 1.165) is 12.8 Å². The van der Waals surface area contributed by atoms with Crippen molar-refractivity contribution in [1.82, 2.24) is 0 Å². The Kier molecular flexibility index (Phi) is 16.4. The van der Waals surface area contributed by atoms with Gasteiger partial charge >= 0.3 is 0 Å². The smallest absolute Gasteiger partial charge is 0.0668 e. The van der Waals surface area contributed by atoms with Crippen molar-refractivity contribution in [2.24, 2.45) is 5.92 Å². The molecule has 1 unspecified atom stereocenters. The molecular formula is C23H48O. The number of hydrogen-bond acceptors (Lipinski definition) is 1. The second-order valence-electron chi connectivity index (χ2n) is 8.31. The quantitative estimate of drug-likeness (QED) is 0.250. The Bertz CT molecular complexity index is 248. The van der Waals surface area contributed by atoms with Crippen LogP contribution in [0, 0.1) is 5.92 Å². The van der Waals surface area contributed by atoms with Crippen molar-refractivity contribution in [3.63, 3.8) is 0 Å². The minimum Gasteiger partial charge on any atom is -0.390 e. The summed E-state index contributed by atoms with van der Waals surface area (Å²) in [7, 11) is 0. The zero-order valence-corrected chi connectivity index (χ0v) is 17.5. The van der Waals surface area contributed by atoms with E-state index in [1.54, 1.807) is 0 Å². The summed E-state index contributed by atoms with van der Waals surface area (Å²) in [6.07, 6.45) is 22.9. The largest absolute Gasteiger partial charge is 0.390 e. The van der Waals surface area contributed by atoms with Gasteiger partial charge in [-0.15, -0.1) is 0 Å². The molecule has 0 fully saturated rings. The van der Waals surface area contributed by atoms with Gasteiger partial charge in [0.25, 0.3) is 0 Å². The summed E-state index contributed by atoms with van der Waals surface area (Å²) >= 11 is 0. The van der Waals surface area contributed by atoms with Crippen LogP contribution in [0.15, 0.2) is 0 Å². The van der Waals surface area contributed by atoms with Crippen LogP contribution in [-0.2, 0) is 0 Å². The predicted octanol–water partition coefficient (Wildman–Crippen LogP) is 8.05. The van der Waals surface area contributed by atoms with Crippen molar-refractivity contribution in [3.05, 3.63) is 0 Å². The highest BCUT2D eigenvalue weighted by atomic mass is 16.3. The molecule has 0 saturated carbocycles. The molecule has 0 heterocycles. The van der Waals surface area contributed by atoms with E-state index in [-0.39, 0.29) is 0 Å². The normalized spacial score (nSPS) is 14.2. The summed E-state index contributed by atoms with van der Waals surface area (Å²) < 4.78 is 0. The summed E-state index contributed by atoms with van der Waals surface area (Å²) in [6.45, 7) is 8.70. The highest BCUT2D eigenvalue weighted by Crippen LogP contribution is 2.27. The second-order valence-corrected chi connectivity index (χ2v) is 8.31. The van der Waals surface area contributed by atoms with Crippen LogP contribution in [0.1, 0.15) is 137 Å². The van der Waals surface area contributed by atoms with E-state index in [1.165, 1.54) is 96.3 Å². The molecule has 0 bridgehead atoms. The molecule has 0 saturated heterocycles. The number of aliphatic hydroxyl groups is 1. The summed E-state index contributed by atoms with van der Waals surface area (Å²) in [5.74, 6) is 0.383. The molecule has 1 N–H and O–H groups in total. The first-order valence-corrected chi connectivity index (χ1v) is 11.3. The third-order valence-corrected chi connectivity index (χ3v) is 5.90. The van der Waals surface area contributed by atoms with Crippen molar-refractivity contribution in [1.29, 1.82) is 0 Å². The fraction of sp³-hybridized carbons (Fsp3) is 1.00. The molecule has 1 atom stereocenters. The van der Waals surface area contributed by atoms with E-state index in [0.29, 0.717) is 5.92 Å². The van der Waals surface area contributed by atoms with Crippen molar-refractivity contribution < 1.29 is 5.11 Å². The van der Waals surface area contributed by atoms with Gasteiger partial charge in [-0.25, -0.2) is 0 Å². The summed E-state index contributed by atoms with van der Waals surface area (Å²) in [5, 5.41) is 10.5. The van der Waals surface area contributed by atoms with Crippen molar-refractivity contribution >= 4 is 0 Å². The molecule has 0 radical (unpaired) electrons. The molecule has 146 valence electrons. The van der Waals surface area contributed by atoms with Gasteiger partial charge in [-0.3, -0.25) is 0 Å². The van der Waals surface area contributed by atoms with Gasteiger partial charge in [0, 0.05) is 0 Å². The molecule has 0 aromatic heterocycles. The van der Waals surface area contributed by atoms with Gasteiger partial charge < -0.3 is 5.11 Å². The molecular weight excluding hydrogens is 292 g/mol. The molecule has 0 aromatic carbocycles. The maximum Gasteiger partial charge on any atom is 0.0668 e. The number of rotatable bonds is 18. The molecule has 0 aliphatic rings. The van der Waals surface area contributed by atoms with Gasteiger partial charge in [-0.05, 0) is 18.8 Å². The van der Waals surface area contributed by atoms with Crippen molar-refractivity contribution in [2.45, 2.75) is 142 Å². The summed E-state index contributed by atoms with van der Waals surface area (Å²) in [6, 6.07) is 0. The lowest BCUT2D eigenvalue weighted by molar-refractivity contribution is -0.0186. The van der Waals surface area contributed by atoms with Gasteiger partial charge in [0.2, 0.25) is 0 Å². The van der Waals surface area contributed by atoms with Crippen LogP contribution < -0.4 is 0 Å². The van der Waals surface area contributed by atoms with Crippen molar-refractivity contribution in [2.75, 3.05) is 0 Å². The number of hydrogen-bond donors (Lipinski definition) is 1. The molecule has 24 heavy (non-hydrogen) atoms. The minimum atomic E-state index is -0.420. The minimum absolute atomic E-state index is 0.383. The van der Waals surface area contributed by atoms with Crippen LogP contribution in [0.4, 0.5) is 0 Å². The van der Waals surface area contributed by atoms with Crippen molar-refractivity contribution in [3.8, 4) is 0 Å².